The molecule has 0 bridgehead atoms. The molecule has 1 fully saturated rings. The van der Waals surface area contributed by atoms with Gasteiger partial charge in [0, 0.05) is 12.6 Å². The predicted molar refractivity (Wildman–Crippen MR) is 125 cm³/mol. The van der Waals surface area contributed by atoms with E-state index in [1.807, 2.05) is 0 Å². The van der Waals surface area contributed by atoms with Crippen LogP contribution in [0.4, 0.5) is 5.82 Å². The lowest BCUT2D eigenvalue weighted by Crippen LogP contribution is -2.36. The molecule has 0 aromatic carbocycles. The monoisotopic (exact) mass is 513 g/mol. The van der Waals surface area contributed by atoms with Gasteiger partial charge < -0.3 is 34.8 Å². The van der Waals surface area contributed by atoms with E-state index in [1.54, 1.807) is 41.5 Å². The maximum Gasteiger partial charge on any atom is 0.351 e. The van der Waals surface area contributed by atoms with Crippen molar-refractivity contribution in [3.8, 4) is 0 Å². The third-order valence-corrected chi connectivity index (χ3v) is 4.89. The average molecular weight is 514 g/mol. The lowest BCUT2D eigenvalue weighted by atomic mass is 10.00. The Morgan fingerprint density at radius 2 is 1.69 bits per heavy atom. The number of rotatable bonds is 8. The summed E-state index contributed by atoms with van der Waals surface area (Å²) in [5, 5.41) is 31.6. The topological polar surface area (TPSA) is 187 Å². The van der Waals surface area contributed by atoms with E-state index in [-0.39, 0.29) is 12.2 Å². The number of nitrogens with one attached hydrogen (secondary N) is 1. The molecule has 4 N–H and O–H groups in total. The highest BCUT2D eigenvalue weighted by atomic mass is 16.6. The Labute approximate surface area is 208 Å². The highest BCUT2D eigenvalue weighted by Gasteiger charge is 2.43. The first-order chi connectivity index (χ1) is 16.5. The molecule has 13 nitrogen and oxygen atoms in total. The van der Waals surface area contributed by atoms with Crippen molar-refractivity contribution in [1.29, 1.82) is 0 Å². The smallest absolute Gasteiger partial charge is 0.351 e. The number of esters is 2. The van der Waals surface area contributed by atoms with E-state index in [0.717, 1.165) is 4.57 Å². The molecule has 13 heteroatoms. The van der Waals surface area contributed by atoms with Crippen molar-refractivity contribution < 1.29 is 43.9 Å². The van der Waals surface area contributed by atoms with Crippen LogP contribution in [0.1, 0.15) is 60.6 Å². The van der Waals surface area contributed by atoms with Gasteiger partial charge >= 0.3 is 17.6 Å². The summed E-state index contributed by atoms with van der Waals surface area (Å²) in [4.78, 5) is 53.8. The Morgan fingerprint density at radius 1 is 1.08 bits per heavy atom. The van der Waals surface area contributed by atoms with Gasteiger partial charge in [-0.05, 0) is 47.6 Å². The van der Waals surface area contributed by atoms with E-state index in [0.29, 0.717) is 0 Å². The molecule has 1 aliphatic heterocycles. The molecule has 36 heavy (non-hydrogen) atoms. The van der Waals surface area contributed by atoms with Crippen LogP contribution in [0.2, 0.25) is 0 Å². The summed E-state index contributed by atoms with van der Waals surface area (Å²) in [6, 6.07) is 1.25. The number of nitrogens with zero attached hydrogens (tertiary/aromatic N) is 2. The molecule has 1 aromatic rings. The zero-order chi connectivity index (χ0) is 27.4. The highest BCUT2D eigenvalue weighted by Crippen LogP contribution is 2.28. The second-order valence-electron chi connectivity index (χ2n) is 10.5. The number of carbonyl (C=O) groups is 3. The molecule has 1 aromatic heterocycles. The normalized spacial score (nSPS) is 23.1. The standard InChI is InChI=1S/C23H35N3O10/c1-22(2,3)35-16(29)10-12(20(32)36-23(4,5)6)9-15(28)24-14-7-8-26(21(33)25-14)19-18(31)17(30)13(11-27)34-19/h7-8,12-13,17-19,27,30-31H,9-11H2,1-6H3,(H,24,25,28,33)/t12-,13-,17?,18-,19-/m1/s1. The molecule has 2 rings (SSSR count). The van der Waals surface area contributed by atoms with Gasteiger partial charge in [0.2, 0.25) is 5.91 Å². The molecule has 0 radical (unpaired) electrons. The first-order valence-corrected chi connectivity index (χ1v) is 11.5. The number of aliphatic hydroxyl groups excluding tert-OH is 3. The summed E-state index contributed by atoms with van der Waals surface area (Å²) in [6.07, 6.45) is -4.88. The number of anilines is 1. The molecule has 1 aliphatic rings. The van der Waals surface area contributed by atoms with Crippen LogP contribution in [-0.4, -0.2) is 78.8 Å². The number of aliphatic hydroxyl groups is 3. The van der Waals surface area contributed by atoms with Gasteiger partial charge in [0.15, 0.2) is 6.23 Å². The lowest BCUT2D eigenvalue weighted by Gasteiger charge is -2.25. The summed E-state index contributed by atoms with van der Waals surface area (Å²) < 4.78 is 16.8. The van der Waals surface area contributed by atoms with Crippen LogP contribution >= 0.6 is 0 Å². The van der Waals surface area contributed by atoms with Gasteiger partial charge in [-0.3, -0.25) is 19.0 Å². The second kappa shape index (κ2) is 11.5. The molecule has 1 unspecified atom stereocenters. The third kappa shape index (κ3) is 8.36. The molecule has 1 saturated heterocycles. The van der Waals surface area contributed by atoms with Gasteiger partial charge in [-0.15, -0.1) is 0 Å². The van der Waals surface area contributed by atoms with E-state index < -0.39 is 78.2 Å². The quantitative estimate of drug-likeness (QED) is 0.339. The van der Waals surface area contributed by atoms with Crippen LogP contribution in [0.5, 0.6) is 0 Å². The van der Waals surface area contributed by atoms with E-state index in [1.165, 1.54) is 12.3 Å². The number of hydrogen-bond acceptors (Lipinski definition) is 11. The average Bonchev–Trinajstić information content (AvgIpc) is 2.99. The van der Waals surface area contributed by atoms with Crippen LogP contribution in [0.3, 0.4) is 0 Å². The van der Waals surface area contributed by atoms with Gasteiger partial charge in [0.1, 0.15) is 35.3 Å². The van der Waals surface area contributed by atoms with Crippen LogP contribution < -0.4 is 11.0 Å². The number of aromatic nitrogens is 2. The number of hydrogen-bond donors (Lipinski definition) is 4. The molecule has 0 aliphatic carbocycles. The SMILES string of the molecule is CC(C)(C)OC(=O)C[C@@H](CC(=O)Nc1ccn([C@@H]2O[C@H](CO)C(O)[C@H]2O)c(=O)n1)C(=O)OC(C)(C)C. The predicted octanol–water partition coefficient (Wildman–Crippen LogP) is -0.127. The molecule has 202 valence electrons. The molecule has 0 saturated carbocycles. The van der Waals surface area contributed by atoms with Crippen LogP contribution in [-0.2, 0) is 28.6 Å². The summed E-state index contributed by atoms with van der Waals surface area (Å²) in [6.45, 7) is 9.42. The molecule has 0 spiro atoms. The molecule has 2 heterocycles. The summed E-state index contributed by atoms with van der Waals surface area (Å²) >= 11 is 0. The largest absolute Gasteiger partial charge is 0.460 e. The van der Waals surface area contributed by atoms with Crippen molar-refractivity contribution in [3.63, 3.8) is 0 Å². The Morgan fingerprint density at radius 3 is 2.19 bits per heavy atom. The maximum atomic E-state index is 12.6. The summed E-state index contributed by atoms with van der Waals surface area (Å²) in [7, 11) is 0. The van der Waals surface area contributed by atoms with Crippen molar-refractivity contribution >= 4 is 23.7 Å². The van der Waals surface area contributed by atoms with Crippen molar-refractivity contribution in [2.45, 2.75) is 90.1 Å². The molecular formula is C23H35N3O10. The van der Waals surface area contributed by atoms with Gasteiger partial charge in [-0.1, -0.05) is 0 Å². The molecular weight excluding hydrogens is 478 g/mol. The highest BCUT2D eigenvalue weighted by molar-refractivity contribution is 5.93. The van der Waals surface area contributed by atoms with E-state index in [2.05, 4.69) is 10.3 Å². The minimum Gasteiger partial charge on any atom is -0.460 e. The van der Waals surface area contributed by atoms with Gasteiger partial charge in [-0.2, -0.15) is 4.98 Å². The Hall–Kier alpha value is -2.87. The maximum absolute atomic E-state index is 12.6. The van der Waals surface area contributed by atoms with Crippen molar-refractivity contribution in [2.75, 3.05) is 11.9 Å². The van der Waals surface area contributed by atoms with Gasteiger partial charge in [0.25, 0.3) is 0 Å². The Balaban J connectivity index is 2.12. The second-order valence-corrected chi connectivity index (χ2v) is 10.5. The third-order valence-electron chi connectivity index (χ3n) is 4.89. The molecule has 5 atom stereocenters. The van der Waals surface area contributed by atoms with E-state index in [4.69, 9.17) is 14.2 Å². The number of amides is 1. The van der Waals surface area contributed by atoms with E-state index in [9.17, 15) is 34.5 Å². The fourth-order valence-corrected chi connectivity index (χ4v) is 3.41. The summed E-state index contributed by atoms with van der Waals surface area (Å²) in [5.74, 6) is -3.42. The number of carbonyl (C=O) groups excluding carboxylic acids is 3. The molecule has 1 amide bonds. The van der Waals surface area contributed by atoms with E-state index >= 15 is 0 Å². The number of ether oxygens (including phenoxy) is 3. The van der Waals surface area contributed by atoms with Gasteiger partial charge in [0.05, 0.1) is 18.9 Å². The zero-order valence-corrected chi connectivity index (χ0v) is 21.3. The van der Waals surface area contributed by atoms with Gasteiger partial charge in [-0.25, -0.2) is 4.79 Å². The first-order valence-electron chi connectivity index (χ1n) is 11.5. The zero-order valence-electron chi connectivity index (χ0n) is 21.3. The Kier molecular flexibility index (Phi) is 9.34. The van der Waals surface area contributed by atoms with Crippen molar-refractivity contribution in [2.24, 2.45) is 5.92 Å². The Bertz CT molecular complexity index is 1010. The van der Waals surface area contributed by atoms with Crippen molar-refractivity contribution in [3.05, 3.63) is 22.7 Å². The van der Waals surface area contributed by atoms with Crippen LogP contribution in [0.25, 0.3) is 0 Å². The van der Waals surface area contributed by atoms with Crippen molar-refractivity contribution in [1.82, 2.24) is 9.55 Å². The fraction of sp³-hybridized carbons (Fsp3) is 0.696. The fourth-order valence-electron chi connectivity index (χ4n) is 3.41. The summed E-state index contributed by atoms with van der Waals surface area (Å²) in [5.41, 5.74) is -2.53. The first kappa shape index (κ1) is 29.4. The van der Waals surface area contributed by atoms with Crippen LogP contribution in [0, 0.1) is 5.92 Å². The van der Waals surface area contributed by atoms with Crippen LogP contribution in [0.15, 0.2) is 17.1 Å². The lowest BCUT2D eigenvalue weighted by molar-refractivity contribution is -0.167. The minimum absolute atomic E-state index is 0.145. The minimum atomic E-state index is -1.48.